The number of aromatic carboxylic acids is 1. The smallest absolute Gasteiger partial charge is 0.545 e. The van der Waals surface area contributed by atoms with Gasteiger partial charge in [0.1, 0.15) is 0 Å². The number of hydrogen-bond acceptors (Lipinski definition) is 4. The van der Waals surface area contributed by atoms with Gasteiger partial charge >= 0.3 is 18.9 Å². The van der Waals surface area contributed by atoms with Crippen LogP contribution in [0.5, 0.6) is 0 Å². The van der Waals surface area contributed by atoms with E-state index in [9.17, 15) is 20.0 Å². The molecule has 0 aromatic heterocycles. The van der Waals surface area contributed by atoms with E-state index in [1.54, 1.807) is 0 Å². The second-order valence-corrected chi connectivity index (χ2v) is 2.09. The van der Waals surface area contributed by atoms with Crippen LogP contribution in [0.2, 0.25) is 0 Å². The molecule has 1 aromatic carbocycles. The topological polar surface area (TPSA) is 83.3 Å². The Bertz CT molecular complexity index is 289. The maximum Gasteiger partial charge on any atom is 1.00 e. The molecular weight excluding hydrogens is 169 g/mol. The molecule has 0 N–H and O–H groups in total. The molecule has 0 saturated carbocycles. The van der Waals surface area contributed by atoms with Gasteiger partial charge in [0.15, 0.2) is 0 Å². The second kappa shape index (κ2) is 4.65. The van der Waals surface area contributed by atoms with Crippen LogP contribution in [0.3, 0.4) is 0 Å². The Morgan fingerprint density at radius 3 is 2.00 bits per heavy atom. The van der Waals surface area contributed by atoms with Gasteiger partial charge in [0, 0.05) is 12.1 Å². The first-order valence-corrected chi connectivity index (χ1v) is 3.07. The molecule has 0 aliphatic carbocycles. The summed E-state index contributed by atoms with van der Waals surface area (Å²) in [6.07, 6.45) is 0. The molecule has 0 radical (unpaired) electrons. The standard InChI is InChI=1S/C7H5NO4.Li/c9-7(10)5-1-3-6(4-2-5)8(11)12;/h1-4H,(H,9,10);/q;+1/p-1. The van der Waals surface area contributed by atoms with E-state index < -0.39 is 10.9 Å². The molecule has 5 nitrogen and oxygen atoms in total. The number of non-ortho nitro benzene ring substituents is 1. The molecule has 0 atom stereocenters. The van der Waals surface area contributed by atoms with Crippen LogP contribution < -0.4 is 24.0 Å². The van der Waals surface area contributed by atoms with Crippen LogP contribution >= 0.6 is 0 Å². The maximum absolute atomic E-state index is 10.2. The number of benzene rings is 1. The molecule has 0 aliphatic heterocycles. The molecule has 0 bridgehead atoms. The van der Waals surface area contributed by atoms with Gasteiger partial charge in [-0.05, 0) is 17.7 Å². The van der Waals surface area contributed by atoms with E-state index in [0.29, 0.717) is 0 Å². The third-order valence-corrected chi connectivity index (χ3v) is 1.31. The summed E-state index contributed by atoms with van der Waals surface area (Å²) in [4.78, 5) is 19.7. The Labute approximate surface area is 85.7 Å². The Kier molecular flexibility index (Phi) is 4.18. The zero-order valence-electron chi connectivity index (χ0n) is 6.89. The zero-order chi connectivity index (χ0) is 9.14. The molecule has 0 unspecified atom stereocenters. The van der Waals surface area contributed by atoms with Gasteiger partial charge in [-0.3, -0.25) is 10.1 Å². The minimum Gasteiger partial charge on any atom is -0.545 e. The maximum atomic E-state index is 10.2. The van der Waals surface area contributed by atoms with Crippen molar-refractivity contribution in [3.63, 3.8) is 0 Å². The average Bonchev–Trinajstić information content (AvgIpc) is 2.04. The Hall–Kier alpha value is -1.31. The number of carbonyl (C=O) groups is 1. The van der Waals surface area contributed by atoms with Gasteiger partial charge in [0.2, 0.25) is 0 Å². The minimum absolute atomic E-state index is 0. The second-order valence-electron chi connectivity index (χ2n) is 2.09. The Balaban J connectivity index is 0.00000144. The SMILES string of the molecule is O=C([O-])c1ccc([N+](=O)[O-])cc1.[Li+]. The molecule has 62 valence electrons. The molecule has 6 heteroatoms. The first kappa shape index (κ1) is 11.7. The molecule has 0 fully saturated rings. The van der Waals surface area contributed by atoms with Crippen LogP contribution in [-0.2, 0) is 0 Å². The molecular formula is C7H4LiNO4. The summed E-state index contributed by atoms with van der Waals surface area (Å²) in [5.41, 5.74) is -0.208. The van der Waals surface area contributed by atoms with Crippen LogP contribution in [-0.4, -0.2) is 10.9 Å². The number of nitro benzene ring substituents is 1. The predicted molar refractivity (Wildman–Crippen MR) is 37.4 cm³/mol. The summed E-state index contributed by atoms with van der Waals surface area (Å²) >= 11 is 0. The number of hydrogen-bond donors (Lipinski definition) is 0. The Morgan fingerprint density at radius 1 is 1.23 bits per heavy atom. The van der Waals surface area contributed by atoms with E-state index in [0.717, 1.165) is 24.3 Å². The van der Waals surface area contributed by atoms with Crippen molar-refractivity contribution >= 4 is 11.7 Å². The summed E-state index contributed by atoms with van der Waals surface area (Å²) in [6, 6.07) is 4.50. The first-order chi connectivity index (χ1) is 5.61. The zero-order valence-corrected chi connectivity index (χ0v) is 6.89. The fourth-order valence-corrected chi connectivity index (χ4v) is 0.719. The van der Waals surface area contributed by atoms with E-state index in [1.807, 2.05) is 0 Å². The summed E-state index contributed by atoms with van der Waals surface area (Å²) in [6.45, 7) is 0. The van der Waals surface area contributed by atoms with Crippen molar-refractivity contribution in [2.75, 3.05) is 0 Å². The molecule has 0 amide bonds. The number of nitro groups is 1. The van der Waals surface area contributed by atoms with E-state index in [-0.39, 0.29) is 30.1 Å². The first-order valence-electron chi connectivity index (χ1n) is 3.07. The van der Waals surface area contributed by atoms with Gasteiger partial charge in [-0.25, -0.2) is 0 Å². The number of nitrogens with zero attached hydrogens (tertiary/aromatic N) is 1. The summed E-state index contributed by atoms with van der Waals surface area (Å²) in [5.74, 6) is -1.34. The molecule has 0 heterocycles. The van der Waals surface area contributed by atoms with Crippen molar-refractivity contribution in [2.45, 2.75) is 0 Å². The van der Waals surface area contributed by atoms with Crippen molar-refractivity contribution < 1.29 is 33.7 Å². The van der Waals surface area contributed by atoms with Crippen LogP contribution in [0.1, 0.15) is 10.4 Å². The summed E-state index contributed by atoms with van der Waals surface area (Å²) in [5, 5.41) is 20.3. The number of rotatable bonds is 2. The van der Waals surface area contributed by atoms with E-state index >= 15 is 0 Å². The summed E-state index contributed by atoms with van der Waals surface area (Å²) < 4.78 is 0. The quantitative estimate of drug-likeness (QED) is 0.270. The molecule has 13 heavy (non-hydrogen) atoms. The Morgan fingerprint density at radius 2 is 1.69 bits per heavy atom. The van der Waals surface area contributed by atoms with Crippen molar-refractivity contribution in [3.8, 4) is 0 Å². The summed E-state index contributed by atoms with van der Waals surface area (Å²) in [7, 11) is 0. The fraction of sp³-hybridized carbons (Fsp3) is 0. The van der Waals surface area contributed by atoms with Crippen molar-refractivity contribution in [1.82, 2.24) is 0 Å². The van der Waals surface area contributed by atoms with Gasteiger partial charge in [-0.1, -0.05) is 0 Å². The molecule has 1 rings (SSSR count). The van der Waals surface area contributed by atoms with E-state index in [4.69, 9.17) is 0 Å². The van der Waals surface area contributed by atoms with Crippen LogP contribution in [0, 0.1) is 10.1 Å². The van der Waals surface area contributed by atoms with Crippen molar-refractivity contribution in [2.24, 2.45) is 0 Å². The third-order valence-electron chi connectivity index (χ3n) is 1.31. The molecule has 0 saturated heterocycles. The van der Waals surface area contributed by atoms with Gasteiger partial charge in [-0.15, -0.1) is 0 Å². The number of carboxylic acid groups (broad SMARTS) is 1. The normalized spacial score (nSPS) is 8.62. The van der Waals surface area contributed by atoms with Crippen LogP contribution in [0.25, 0.3) is 0 Å². The number of carboxylic acids is 1. The van der Waals surface area contributed by atoms with E-state index in [1.165, 1.54) is 0 Å². The van der Waals surface area contributed by atoms with Crippen LogP contribution in [0.15, 0.2) is 24.3 Å². The third kappa shape index (κ3) is 2.90. The molecule has 0 aliphatic rings. The van der Waals surface area contributed by atoms with Crippen molar-refractivity contribution in [1.29, 1.82) is 0 Å². The molecule has 0 spiro atoms. The van der Waals surface area contributed by atoms with Crippen LogP contribution in [0.4, 0.5) is 5.69 Å². The number of carbonyl (C=O) groups excluding carboxylic acids is 1. The fourth-order valence-electron chi connectivity index (χ4n) is 0.719. The minimum atomic E-state index is -1.34. The molecule has 1 aromatic rings. The monoisotopic (exact) mass is 173 g/mol. The van der Waals surface area contributed by atoms with Gasteiger partial charge in [-0.2, -0.15) is 0 Å². The largest absolute Gasteiger partial charge is 1.00 e. The van der Waals surface area contributed by atoms with Crippen molar-refractivity contribution in [3.05, 3.63) is 39.9 Å². The average molecular weight is 173 g/mol. The van der Waals surface area contributed by atoms with Gasteiger partial charge in [0.05, 0.1) is 10.9 Å². The van der Waals surface area contributed by atoms with Gasteiger partial charge in [0.25, 0.3) is 5.69 Å². The van der Waals surface area contributed by atoms with E-state index in [2.05, 4.69) is 0 Å². The van der Waals surface area contributed by atoms with Gasteiger partial charge < -0.3 is 9.90 Å². The predicted octanol–water partition coefficient (Wildman–Crippen LogP) is -3.04.